The zero-order chi connectivity index (χ0) is 16.5. The van der Waals surface area contributed by atoms with Crippen molar-refractivity contribution in [3.05, 3.63) is 78.6 Å². The quantitative estimate of drug-likeness (QED) is 0.640. The molecule has 0 N–H and O–H groups in total. The van der Waals surface area contributed by atoms with Crippen LogP contribution in [0.5, 0.6) is 0 Å². The van der Waals surface area contributed by atoms with Crippen molar-refractivity contribution in [2.75, 3.05) is 16.5 Å². The molecule has 0 amide bonds. The number of hydrogen-bond acceptors (Lipinski definition) is 3. The van der Waals surface area contributed by atoms with E-state index >= 15 is 0 Å². The minimum absolute atomic E-state index is 0.415. The Labute approximate surface area is 143 Å². The lowest BCUT2D eigenvalue weighted by atomic mass is 10.1. The summed E-state index contributed by atoms with van der Waals surface area (Å²) in [6.45, 7) is 5.17. The van der Waals surface area contributed by atoms with Crippen molar-refractivity contribution in [2.24, 2.45) is 0 Å². The van der Waals surface area contributed by atoms with Gasteiger partial charge in [0, 0.05) is 17.1 Å². The van der Waals surface area contributed by atoms with Crippen molar-refractivity contribution in [1.29, 1.82) is 0 Å². The summed E-state index contributed by atoms with van der Waals surface area (Å²) in [5, 5.41) is 0. The monoisotopic (exact) mass is 315 g/mol. The maximum atomic E-state index is 4.69. The minimum atomic E-state index is 0.415. The van der Waals surface area contributed by atoms with Gasteiger partial charge in [0.05, 0.1) is 17.6 Å². The van der Waals surface area contributed by atoms with Gasteiger partial charge in [-0.05, 0) is 36.2 Å². The number of benzene rings is 2. The lowest BCUT2D eigenvalue weighted by Crippen LogP contribution is -2.23. The Morgan fingerprint density at radius 3 is 1.88 bits per heavy atom. The van der Waals surface area contributed by atoms with E-state index in [-0.39, 0.29) is 0 Å². The average Bonchev–Trinajstić information content (AvgIpc) is 3.02. The highest BCUT2D eigenvalue weighted by molar-refractivity contribution is 5.86. The fourth-order valence-electron chi connectivity index (χ4n) is 3.14. The van der Waals surface area contributed by atoms with E-state index in [9.17, 15) is 0 Å². The van der Waals surface area contributed by atoms with Gasteiger partial charge < -0.3 is 9.80 Å². The lowest BCUT2D eigenvalue weighted by Gasteiger charge is -2.21. The highest BCUT2D eigenvalue weighted by Crippen LogP contribution is 2.44. The van der Waals surface area contributed by atoms with Gasteiger partial charge in [-0.15, -0.1) is 0 Å². The molecule has 0 fully saturated rings. The number of pyridine rings is 1. The van der Waals surface area contributed by atoms with Gasteiger partial charge in [-0.25, -0.2) is 0 Å². The molecular formula is C21H21N3. The van der Waals surface area contributed by atoms with Gasteiger partial charge in [0.2, 0.25) is 0 Å². The topological polar surface area (TPSA) is 19.4 Å². The van der Waals surface area contributed by atoms with Gasteiger partial charge >= 0.3 is 0 Å². The number of fused-ring (bicyclic) bond motifs is 1. The highest BCUT2D eigenvalue weighted by atomic mass is 15.4. The van der Waals surface area contributed by atoms with Gasteiger partial charge in [-0.3, -0.25) is 4.98 Å². The predicted octanol–water partition coefficient (Wildman–Crippen LogP) is 5.45. The van der Waals surface area contributed by atoms with Crippen LogP contribution in [0, 0.1) is 0 Å². The van der Waals surface area contributed by atoms with E-state index in [2.05, 4.69) is 95.4 Å². The molecule has 3 aromatic rings. The molecular weight excluding hydrogens is 294 g/mol. The van der Waals surface area contributed by atoms with Gasteiger partial charge in [-0.2, -0.15) is 0 Å². The fraction of sp³-hybridized carbons (Fsp3) is 0.190. The zero-order valence-corrected chi connectivity index (χ0v) is 14.1. The second kappa shape index (κ2) is 6.00. The molecule has 3 nitrogen and oxygen atoms in total. The molecule has 24 heavy (non-hydrogen) atoms. The Balaban J connectivity index is 1.83. The van der Waals surface area contributed by atoms with E-state index in [1.54, 1.807) is 0 Å². The molecule has 2 aromatic carbocycles. The summed E-state index contributed by atoms with van der Waals surface area (Å²) in [4.78, 5) is 9.36. The Morgan fingerprint density at radius 2 is 1.33 bits per heavy atom. The molecule has 0 unspecified atom stereocenters. The average molecular weight is 315 g/mol. The van der Waals surface area contributed by atoms with Gasteiger partial charge in [0.15, 0.2) is 0 Å². The first-order valence-electron chi connectivity index (χ1n) is 8.39. The van der Waals surface area contributed by atoms with Crippen LogP contribution < -0.4 is 9.80 Å². The van der Waals surface area contributed by atoms with Gasteiger partial charge in [-0.1, -0.05) is 50.2 Å². The molecule has 0 aliphatic carbocycles. The fourth-order valence-corrected chi connectivity index (χ4v) is 3.14. The number of para-hydroxylation sites is 2. The van der Waals surface area contributed by atoms with Crippen molar-refractivity contribution in [3.63, 3.8) is 0 Å². The third-order valence-electron chi connectivity index (χ3n) is 4.47. The first kappa shape index (κ1) is 14.8. The van der Waals surface area contributed by atoms with Crippen LogP contribution in [0.1, 0.15) is 25.5 Å². The van der Waals surface area contributed by atoms with E-state index in [0.29, 0.717) is 5.92 Å². The Bertz CT molecular complexity index is 828. The van der Waals surface area contributed by atoms with Crippen molar-refractivity contribution >= 4 is 22.7 Å². The van der Waals surface area contributed by atoms with E-state index < -0.39 is 0 Å². The molecule has 0 bridgehead atoms. The Morgan fingerprint density at radius 1 is 0.792 bits per heavy atom. The van der Waals surface area contributed by atoms with Crippen LogP contribution in [0.15, 0.2) is 72.9 Å². The molecule has 3 heteroatoms. The number of hydrogen-bond donors (Lipinski definition) is 0. The van der Waals surface area contributed by atoms with Crippen molar-refractivity contribution < 1.29 is 0 Å². The van der Waals surface area contributed by atoms with E-state index in [0.717, 1.165) is 18.1 Å². The summed E-state index contributed by atoms with van der Waals surface area (Å²) in [6, 6.07) is 23.3. The van der Waals surface area contributed by atoms with Crippen molar-refractivity contribution in [2.45, 2.75) is 19.8 Å². The van der Waals surface area contributed by atoms with Crippen molar-refractivity contribution in [3.8, 4) is 0 Å². The molecule has 0 spiro atoms. The first-order chi connectivity index (χ1) is 11.7. The molecule has 0 saturated carbocycles. The van der Waals surface area contributed by atoms with Crippen LogP contribution in [0.3, 0.4) is 0 Å². The number of aromatic nitrogens is 1. The lowest BCUT2D eigenvalue weighted by molar-refractivity contribution is 0.823. The molecule has 0 radical (unpaired) electrons. The maximum Gasteiger partial charge on any atom is 0.100 e. The van der Waals surface area contributed by atoms with E-state index in [4.69, 9.17) is 0 Å². The summed E-state index contributed by atoms with van der Waals surface area (Å²) in [5.41, 5.74) is 5.91. The third kappa shape index (κ3) is 2.52. The van der Waals surface area contributed by atoms with Crippen LogP contribution in [0.25, 0.3) is 0 Å². The largest absolute Gasteiger partial charge is 0.321 e. The second-order valence-corrected chi connectivity index (χ2v) is 6.42. The number of rotatable bonds is 3. The van der Waals surface area contributed by atoms with Crippen LogP contribution in [0.2, 0.25) is 0 Å². The standard InChI is InChI=1S/C21H21N3/c1-16(2)19-13-20-21(14-22-19)24(18-11-7-4-8-12-18)15-23(20)17-9-5-3-6-10-17/h3-14,16H,15H2,1-2H3. The maximum absolute atomic E-state index is 4.69. The summed E-state index contributed by atoms with van der Waals surface area (Å²) < 4.78 is 0. The number of nitrogens with zero attached hydrogens (tertiary/aromatic N) is 3. The van der Waals surface area contributed by atoms with E-state index in [1.807, 2.05) is 6.20 Å². The molecule has 4 rings (SSSR count). The summed E-state index contributed by atoms with van der Waals surface area (Å²) in [7, 11) is 0. The van der Waals surface area contributed by atoms with Crippen molar-refractivity contribution in [1.82, 2.24) is 4.98 Å². The number of anilines is 4. The van der Waals surface area contributed by atoms with Gasteiger partial charge in [0.1, 0.15) is 6.67 Å². The SMILES string of the molecule is CC(C)c1cc2c(cn1)N(c1ccccc1)CN2c1ccccc1. The summed E-state index contributed by atoms with van der Waals surface area (Å²) in [5.74, 6) is 0.415. The summed E-state index contributed by atoms with van der Waals surface area (Å²) >= 11 is 0. The summed E-state index contributed by atoms with van der Waals surface area (Å²) in [6.07, 6.45) is 2.01. The van der Waals surface area contributed by atoms with E-state index in [1.165, 1.54) is 17.1 Å². The molecule has 0 saturated heterocycles. The minimum Gasteiger partial charge on any atom is -0.321 e. The second-order valence-electron chi connectivity index (χ2n) is 6.42. The Hall–Kier alpha value is -2.81. The van der Waals surface area contributed by atoms with Gasteiger partial charge in [0.25, 0.3) is 0 Å². The molecule has 1 aromatic heterocycles. The molecule has 2 heterocycles. The highest BCUT2D eigenvalue weighted by Gasteiger charge is 2.29. The van der Waals surface area contributed by atoms with Crippen LogP contribution in [0.4, 0.5) is 22.7 Å². The molecule has 1 aliphatic heterocycles. The molecule has 120 valence electrons. The first-order valence-corrected chi connectivity index (χ1v) is 8.39. The third-order valence-corrected chi connectivity index (χ3v) is 4.47. The van der Waals surface area contributed by atoms with Crippen LogP contribution >= 0.6 is 0 Å². The van der Waals surface area contributed by atoms with Crippen LogP contribution in [-0.4, -0.2) is 11.7 Å². The van der Waals surface area contributed by atoms with Crippen LogP contribution in [-0.2, 0) is 0 Å². The molecule has 1 aliphatic rings. The smallest absolute Gasteiger partial charge is 0.100 e. The predicted molar refractivity (Wildman–Crippen MR) is 100 cm³/mol. The zero-order valence-electron chi connectivity index (χ0n) is 14.1. The Kier molecular flexibility index (Phi) is 3.69. The normalized spacial score (nSPS) is 13.5. The molecule has 0 atom stereocenters.